The van der Waals surface area contributed by atoms with Crippen molar-refractivity contribution in [3.05, 3.63) is 53.1 Å². The zero-order valence-electron chi connectivity index (χ0n) is 18.5. The second-order valence-corrected chi connectivity index (χ2v) is 10.0. The molecule has 1 aliphatic heterocycles. The first kappa shape index (κ1) is 24.4. The van der Waals surface area contributed by atoms with Gasteiger partial charge in [0, 0.05) is 24.0 Å². The molecular formula is C23H29ClN2O5S. The van der Waals surface area contributed by atoms with E-state index in [1.165, 1.54) is 10.4 Å². The van der Waals surface area contributed by atoms with Crippen LogP contribution in [0.25, 0.3) is 0 Å². The number of carbonyl (C=O) groups is 1. The van der Waals surface area contributed by atoms with Crippen molar-refractivity contribution in [1.29, 1.82) is 0 Å². The molecule has 0 radical (unpaired) electrons. The Morgan fingerprint density at radius 1 is 1.19 bits per heavy atom. The molecule has 3 rings (SSSR count). The van der Waals surface area contributed by atoms with Crippen molar-refractivity contribution in [2.45, 2.75) is 37.6 Å². The Labute approximate surface area is 194 Å². The van der Waals surface area contributed by atoms with E-state index < -0.39 is 10.0 Å². The van der Waals surface area contributed by atoms with Gasteiger partial charge in [0.05, 0.1) is 19.8 Å². The number of halogens is 1. The van der Waals surface area contributed by atoms with Gasteiger partial charge in [0.25, 0.3) is 0 Å². The summed E-state index contributed by atoms with van der Waals surface area (Å²) in [5, 5.41) is 3.36. The third-order valence-electron chi connectivity index (χ3n) is 5.62. The van der Waals surface area contributed by atoms with E-state index in [-0.39, 0.29) is 41.6 Å². The fraction of sp³-hybridized carbons (Fsp3) is 0.435. The highest BCUT2D eigenvalue weighted by atomic mass is 35.5. The van der Waals surface area contributed by atoms with Gasteiger partial charge in [-0.25, -0.2) is 8.42 Å². The summed E-state index contributed by atoms with van der Waals surface area (Å²) in [7, 11) is -2.17. The quantitative estimate of drug-likeness (QED) is 0.616. The molecule has 1 amide bonds. The lowest BCUT2D eigenvalue weighted by Gasteiger charge is -2.31. The van der Waals surface area contributed by atoms with Gasteiger partial charge in [0.1, 0.15) is 16.4 Å². The molecule has 2 aromatic rings. The summed E-state index contributed by atoms with van der Waals surface area (Å²) in [5.41, 5.74) is 0.976. The lowest BCUT2D eigenvalue weighted by Crippen LogP contribution is -2.43. The molecule has 0 unspecified atom stereocenters. The van der Waals surface area contributed by atoms with E-state index in [4.69, 9.17) is 21.1 Å². The van der Waals surface area contributed by atoms with Gasteiger partial charge in [0.2, 0.25) is 15.9 Å². The number of hydrogen-bond acceptors (Lipinski definition) is 5. The molecule has 1 N–H and O–H groups in total. The number of rotatable bonds is 8. The Balaban J connectivity index is 1.63. The highest BCUT2D eigenvalue weighted by Gasteiger charge is 2.34. The fourth-order valence-electron chi connectivity index (χ4n) is 3.76. The summed E-state index contributed by atoms with van der Waals surface area (Å²) in [5.74, 6) is 0.731. The van der Waals surface area contributed by atoms with Crippen LogP contribution in [0.15, 0.2) is 47.4 Å². The second-order valence-electron chi connectivity index (χ2n) is 7.71. The van der Waals surface area contributed by atoms with E-state index in [2.05, 4.69) is 5.32 Å². The summed E-state index contributed by atoms with van der Waals surface area (Å²) in [4.78, 5) is 12.8. The predicted molar refractivity (Wildman–Crippen MR) is 124 cm³/mol. The highest BCUT2D eigenvalue weighted by molar-refractivity contribution is 7.89. The molecule has 0 spiro atoms. The molecule has 0 saturated carbocycles. The Hall–Kier alpha value is -2.29. The maximum atomic E-state index is 13.2. The van der Waals surface area contributed by atoms with Crippen LogP contribution in [0, 0.1) is 5.92 Å². The topological polar surface area (TPSA) is 84.9 Å². The number of nitrogens with zero attached hydrogens (tertiary/aromatic N) is 1. The Morgan fingerprint density at radius 2 is 1.84 bits per heavy atom. The molecule has 0 aliphatic carbocycles. The van der Waals surface area contributed by atoms with Gasteiger partial charge >= 0.3 is 0 Å². The van der Waals surface area contributed by atoms with Crippen LogP contribution in [0.2, 0.25) is 5.02 Å². The fourth-order valence-corrected chi connectivity index (χ4v) is 5.63. The van der Waals surface area contributed by atoms with E-state index in [0.29, 0.717) is 24.5 Å². The van der Waals surface area contributed by atoms with E-state index in [9.17, 15) is 13.2 Å². The molecule has 1 heterocycles. The number of hydrogen-bond donors (Lipinski definition) is 1. The van der Waals surface area contributed by atoms with Gasteiger partial charge in [-0.3, -0.25) is 4.79 Å². The minimum Gasteiger partial charge on any atom is -0.497 e. The molecule has 2 aromatic carbocycles. The average Bonchev–Trinajstić information content (AvgIpc) is 2.80. The van der Waals surface area contributed by atoms with Crippen molar-refractivity contribution >= 4 is 27.5 Å². The van der Waals surface area contributed by atoms with Crippen LogP contribution in [0.4, 0.5) is 0 Å². The number of amides is 1. The Kier molecular flexibility index (Phi) is 8.03. The average molecular weight is 481 g/mol. The summed E-state index contributed by atoms with van der Waals surface area (Å²) < 4.78 is 38.5. The van der Waals surface area contributed by atoms with Crippen LogP contribution in [-0.4, -0.2) is 45.4 Å². The molecule has 1 atom stereocenters. The number of benzene rings is 2. The molecule has 1 aliphatic rings. The largest absolute Gasteiger partial charge is 0.497 e. The Morgan fingerprint density at radius 3 is 2.44 bits per heavy atom. The molecule has 0 aromatic heterocycles. The van der Waals surface area contributed by atoms with Crippen LogP contribution in [0.1, 0.15) is 38.3 Å². The molecule has 0 bridgehead atoms. The first-order valence-corrected chi connectivity index (χ1v) is 12.4. The smallest absolute Gasteiger partial charge is 0.246 e. The van der Waals surface area contributed by atoms with E-state index in [1.54, 1.807) is 26.2 Å². The summed E-state index contributed by atoms with van der Waals surface area (Å²) in [6.07, 6.45) is 0.899. The van der Waals surface area contributed by atoms with Crippen LogP contribution >= 0.6 is 11.6 Å². The zero-order chi connectivity index (χ0) is 23.3. The van der Waals surface area contributed by atoms with Crippen LogP contribution in [0.3, 0.4) is 0 Å². The van der Waals surface area contributed by atoms with Crippen LogP contribution in [0.5, 0.6) is 11.5 Å². The van der Waals surface area contributed by atoms with Crippen molar-refractivity contribution in [1.82, 2.24) is 9.62 Å². The van der Waals surface area contributed by atoms with Crippen molar-refractivity contribution in [2.75, 3.05) is 26.8 Å². The lowest BCUT2D eigenvalue weighted by atomic mass is 9.96. The van der Waals surface area contributed by atoms with Crippen molar-refractivity contribution in [3.63, 3.8) is 0 Å². The molecule has 32 heavy (non-hydrogen) atoms. The molecule has 9 heteroatoms. The van der Waals surface area contributed by atoms with E-state index in [0.717, 1.165) is 11.3 Å². The van der Waals surface area contributed by atoms with Gasteiger partial charge in [-0.05, 0) is 62.6 Å². The highest BCUT2D eigenvalue weighted by Crippen LogP contribution is 2.32. The van der Waals surface area contributed by atoms with Gasteiger partial charge < -0.3 is 14.8 Å². The minimum atomic E-state index is -3.78. The maximum Gasteiger partial charge on any atom is 0.246 e. The van der Waals surface area contributed by atoms with Gasteiger partial charge in [-0.2, -0.15) is 4.31 Å². The Bertz CT molecular complexity index is 1030. The first-order chi connectivity index (χ1) is 15.3. The zero-order valence-corrected chi connectivity index (χ0v) is 20.1. The monoisotopic (exact) mass is 480 g/mol. The van der Waals surface area contributed by atoms with Gasteiger partial charge in [-0.15, -0.1) is 0 Å². The number of piperidine rings is 1. The maximum absolute atomic E-state index is 13.2. The third-order valence-corrected chi connectivity index (χ3v) is 7.78. The normalized spacial score (nSPS) is 16.4. The van der Waals surface area contributed by atoms with Crippen LogP contribution in [-0.2, 0) is 14.8 Å². The lowest BCUT2D eigenvalue weighted by molar-refractivity contribution is -0.126. The van der Waals surface area contributed by atoms with Crippen molar-refractivity contribution in [3.8, 4) is 11.5 Å². The number of sulfonamides is 1. The second kappa shape index (κ2) is 10.6. The molecule has 1 saturated heterocycles. The van der Waals surface area contributed by atoms with Gasteiger partial charge in [-0.1, -0.05) is 23.7 Å². The first-order valence-electron chi connectivity index (χ1n) is 10.6. The third kappa shape index (κ3) is 5.54. The molecule has 7 nitrogen and oxygen atoms in total. The SMILES string of the molecule is CCOc1ccc(Cl)cc1S(=O)(=O)N1CCC(C(=O)N[C@H](C)c2ccc(OC)cc2)CC1. The summed E-state index contributed by atoms with van der Waals surface area (Å²) >= 11 is 6.04. The molecule has 1 fully saturated rings. The summed E-state index contributed by atoms with van der Waals surface area (Å²) in [6.45, 7) is 4.58. The predicted octanol–water partition coefficient (Wildman–Crippen LogP) is 4.03. The number of methoxy groups -OCH3 is 1. The number of ether oxygens (including phenoxy) is 2. The summed E-state index contributed by atoms with van der Waals surface area (Å²) in [6, 6.07) is 12.0. The van der Waals surface area contributed by atoms with Crippen molar-refractivity contribution < 1.29 is 22.7 Å². The molecular weight excluding hydrogens is 452 g/mol. The number of carbonyl (C=O) groups excluding carboxylic acids is 1. The minimum absolute atomic E-state index is 0.0582. The standard InChI is InChI=1S/C23H29ClN2O5S/c1-4-31-21-10-7-19(24)15-22(21)32(28,29)26-13-11-18(12-14-26)23(27)25-16(2)17-5-8-20(30-3)9-6-17/h5-10,15-16,18H,4,11-14H2,1-3H3,(H,25,27)/t16-/m1/s1. The van der Waals surface area contributed by atoms with Gasteiger partial charge in [0.15, 0.2) is 0 Å². The van der Waals surface area contributed by atoms with E-state index in [1.807, 2.05) is 31.2 Å². The molecule has 174 valence electrons. The van der Waals surface area contributed by atoms with Crippen LogP contribution < -0.4 is 14.8 Å². The number of nitrogens with one attached hydrogen (secondary N) is 1. The van der Waals surface area contributed by atoms with E-state index >= 15 is 0 Å². The van der Waals surface area contributed by atoms with Crippen molar-refractivity contribution in [2.24, 2.45) is 5.92 Å².